The van der Waals surface area contributed by atoms with Gasteiger partial charge in [0, 0.05) is 25.8 Å². The molecule has 2 aromatic heterocycles. The molecule has 1 aliphatic heterocycles. The maximum atomic E-state index is 11.5. The average Bonchev–Trinajstić information content (AvgIpc) is 2.86. The van der Waals surface area contributed by atoms with Crippen molar-refractivity contribution in [3.8, 4) is 0 Å². The van der Waals surface area contributed by atoms with E-state index in [1.807, 2.05) is 28.8 Å². The number of anilines is 1. The van der Waals surface area contributed by atoms with Crippen LogP contribution in [0.15, 0.2) is 24.4 Å². The number of pyridine rings is 1. The molecular formula is C16H22N4O. The normalized spacial score (nSPS) is 16.8. The van der Waals surface area contributed by atoms with Gasteiger partial charge in [0.25, 0.3) is 0 Å². The second kappa shape index (κ2) is 5.85. The lowest BCUT2D eigenvalue weighted by molar-refractivity contribution is 0.111. The first-order valence-electron chi connectivity index (χ1n) is 7.51. The second-order valence-corrected chi connectivity index (χ2v) is 6.06. The van der Waals surface area contributed by atoms with E-state index >= 15 is 0 Å². The molecule has 0 unspecified atom stereocenters. The van der Waals surface area contributed by atoms with Crippen molar-refractivity contribution in [3.05, 3.63) is 30.1 Å². The monoisotopic (exact) mass is 286 g/mol. The molecule has 0 radical (unpaired) electrons. The highest BCUT2D eigenvalue weighted by atomic mass is 16.1. The fourth-order valence-corrected chi connectivity index (χ4v) is 3.19. The molecular weight excluding hydrogens is 264 g/mol. The highest BCUT2D eigenvalue weighted by molar-refractivity contribution is 5.83. The number of fused-ring (bicyclic) bond motifs is 1. The van der Waals surface area contributed by atoms with Crippen LogP contribution in [0.4, 0.5) is 5.82 Å². The van der Waals surface area contributed by atoms with Crippen LogP contribution < -0.4 is 4.90 Å². The number of rotatable bonds is 4. The molecule has 0 spiro atoms. The van der Waals surface area contributed by atoms with Gasteiger partial charge in [-0.3, -0.25) is 9.20 Å². The summed E-state index contributed by atoms with van der Waals surface area (Å²) in [6, 6.07) is 5.81. The SMILES string of the molecule is CN(C)CC1CCN(c2nc3ccccn3c2C=O)CC1. The van der Waals surface area contributed by atoms with Gasteiger partial charge >= 0.3 is 0 Å². The molecule has 2 aromatic rings. The lowest BCUT2D eigenvalue weighted by Gasteiger charge is -2.33. The number of imidazole rings is 1. The van der Waals surface area contributed by atoms with E-state index in [1.54, 1.807) is 0 Å². The van der Waals surface area contributed by atoms with E-state index in [1.165, 1.54) is 0 Å². The van der Waals surface area contributed by atoms with Crippen molar-refractivity contribution in [1.82, 2.24) is 14.3 Å². The lowest BCUT2D eigenvalue weighted by atomic mass is 9.96. The van der Waals surface area contributed by atoms with Crippen molar-refractivity contribution >= 4 is 17.8 Å². The molecule has 1 fully saturated rings. The van der Waals surface area contributed by atoms with E-state index in [9.17, 15) is 4.79 Å². The third-order valence-electron chi connectivity index (χ3n) is 4.20. The third kappa shape index (κ3) is 2.78. The van der Waals surface area contributed by atoms with E-state index < -0.39 is 0 Å². The summed E-state index contributed by atoms with van der Waals surface area (Å²) >= 11 is 0. The Morgan fingerprint density at radius 3 is 2.76 bits per heavy atom. The maximum Gasteiger partial charge on any atom is 0.170 e. The molecule has 0 amide bonds. The Hall–Kier alpha value is -1.88. The summed E-state index contributed by atoms with van der Waals surface area (Å²) in [6.45, 7) is 3.09. The molecule has 0 saturated carbocycles. The van der Waals surface area contributed by atoms with E-state index in [2.05, 4.69) is 28.9 Å². The minimum atomic E-state index is 0.664. The summed E-state index contributed by atoms with van der Waals surface area (Å²) in [5, 5.41) is 0. The number of carbonyl (C=O) groups excluding carboxylic acids is 1. The molecule has 112 valence electrons. The highest BCUT2D eigenvalue weighted by Crippen LogP contribution is 2.26. The largest absolute Gasteiger partial charge is 0.355 e. The minimum Gasteiger partial charge on any atom is -0.355 e. The Morgan fingerprint density at radius 2 is 2.10 bits per heavy atom. The standard InChI is InChI=1S/C16H22N4O/c1-18(2)11-13-6-9-19(10-7-13)16-14(12-21)20-8-4-3-5-15(20)17-16/h3-5,8,12-13H,6-7,9-11H2,1-2H3. The zero-order valence-corrected chi connectivity index (χ0v) is 12.7. The predicted molar refractivity (Wildman–Crippen MR) is 84.1 cm³/mol. The fraction of sp³-hybridized carbons (Fsp3) is 0.500. The molecule has 0 bridgehead atoms. The fourth-order valence-electron chi connectivity index (χ4n) is 3.19. The Kier molecular flexibility index (Phi) is 3.92. The van der Waals surface area contributed by atoms with Crippen LogP contribution >= 0.6 is 0 Å². The molecule has 1 saturated heterocycles. The zero-order valence-electron chi connectivity index (χ0n) is 12.7. The van der Waals surface area contributed by atoms with Crippen LogP contribution in [0.1, 0.15) is 23.3 Å². The summed E-state index contributed by atoms with van der Waals surface area (Å²) in [4.78, 5) is 20.6. The minimum absolute atomic E-state index is 0.664. The molecule has 5 nitrogen and oxygen atoms in total. The first-order chi connectivity index (χ1) is 10.2. The van der Waals surface area contributed by atoms with Crippen molar-refractivity contribution in [3.63, 3.8) is 0 Å². The van der Waals surface area contributed by atoms with Gasteiger partial charge in [-0.05, 0) is 45.0 Å². The first kappa shape index (κ1) is 14.1. The topological polar surface area (TPSA) is 40.9 Å². The number of carbonyl (C=O) groups is 1. The molecule has 0 aliphatic carbocycles. The zero-order chi connectivity index (χ0) is 14.8. The molecule has 5 heteroatoms. The average molecular weight is 286 g/mol. The van der Waals surface area contributed by atoms with Crippen LogP contribution in [0, 0.1) is 5.92 Å². The van der Waals surface area contributed by atoms with E-state index in [0.717, 1.165) is 56.1 Å². The van der Waals surface area contributed by atoms with Crippen LogP contribution in [-0.2, 0) is 0 Å². The van der Waals surface area contributed by atoms with Gasteiger partial charge in [0.15, 0.2) is 12.1 Å². The molecule has 3 heterocycles. The quantitative estimate of drug-likeness (QED) is 0.805. The molecule has 0 N–H and O–H groups in total. The van der Waals surface area contributed by atoms with E-state index in [0.29, 0.717) is 5.69 Å². The van der Waals surface area contributed by atoms with Gasteiger partial charge in [-0.1, -0.05) is 6.07 Å². The number of hydrogen-bond donors (Lipinski definition) is 0. The summed E-state index contributed by atoms with van der Waals surface area (Å²) in [7, 11) is 4.25. The van der Waals surface area contributed by atoms with Crippen LogP contribution in [0.5, 0.6) is 0 Å². The van der Waals surface area contributed by atoms with Gasteiger partial charge in [-0.25, -0.2) is 4.98 Å². The molecule has 0 atom stereocenters. The predicted octanol–water partition coefficient (Wildman–Crippen LogP) is 1.92. The number of aldehydes is 1. The van der Waals surface area contributed by atoms with Crippen LogP contribution in [0.3, 0.4) is 0 Å². The Labute approximate surface area is 125 Å². The lowest BCUT2D eigenvalue weighted by Crippen LogP contribution is -2.37. The summed E-state index contributed by atoms with van der Waals surface area (Å²) in [6.07, 6.45) is 5.13. The summed E-state index contributed by atoms with van der Waals surface area (Å²) in [5.41, 5.74) is 1.50. The second-order valence-electron chi connectivity index (χ2n) is 6.06. The number of nitrogens with zero attached hydrogens (tertiary/aromatic N) is 4. The summed E-state index contributed by atoms with van der Waals surface area (Å²) < 4.78 is 1.87. The van der Waals surface area contributed by atoms with E-state index in [-0.39, 0.29) is 0 Å². The van der Waals surface area contributed by atoms with Crippen LogP contribution in [-0.4, -0.2) is 54.3 Å². The highest BCUT2D eigenvalue weighted by Gasteiger charge is 2.24. The van der Waals surface area contributed by atoms with Gasteiger partial charge in [0.1, 0.15) is 11.3 Å². The van der Waals surface area contributed by atoms with Gasteiger partial charge < -0.3 is 9.80 Å². The Balaban J connectivity index is 1.80. The Bertz CT molecular complexity index is 626. The van der Waals surface area contributed by atoms with E-state index in [4.69, 9.17) is 0 Å². The van der Waals surface area contributed by atoms with Crippen LogP contribution in [0.2, 0.25) is 0 Å². The molecule has 21 heavy (non-hydrogen) atoms. The maximum absolute atomic E-state index is 11.5. The van der Waals surface area contributed by atoms with Crippen LogP contribution in [0.25, 0.3) is 5.65 Å². The van der Waals surface area contributed by atoms with Crippen molar-refractivity contribution in [2.75, 3.05) is 38.6 Å². The molecule has 3 rings (SSSR count). The van der Waals surface area contributed by atoms with Crippen molar-refractivity contribution < 1.29 is 4.79 Å². The van der Waals surface area contributed by atoms with Gasteiger partial charge in [0.2, 0.25) is 0 Å². The van der Waals surface area contributed by atoms with Crippen molar-refractivity contribution in [2.45, 2.75) is 12.8 Å². The number of aromatic nitrogens is 2. The molecule has 1 aliphatic rings. The van der Waals surface area contributed by atoms with Crippen molar-refractivity contribution in [1.29, 1.82) is 0 Å². The summed E-state index contributed by atoms with van der Waals surface area (Å²) in [5.74, 6) is 1.58. The van der Waals surface area contributed by atoms with Gasteiger partial charge in [0.05, 0.1) is 0 Å². The van der Waals surface area contributed by atoms with Gasteiger partial charge in [-0.2, -0.15) is 0 Å². The smallest absolute Gasteiger partial charge is 0.170 e. The Morgan fingerprint density at radius 1 is 1.33 bits per heavy atom. The third-order valence-corrected chi connectivity index (χ3v) is 4.20. The van der Waals surface area contributed by atoms with Gasteiger partial charge in [-0.15, -0.1) is 0 Å². The van der Waals surface area contributed by atoms with Crippen molar-refractivity contribution in [2.24, 2.45) is 5.92 Å². The first-order valence-corrected chi connectivity index (χ1v) is 7.51. The number of hydrogen-bond acceptors (Lipinski definition) is 4. The number of piperidine rings is 1. The molecule has 0 aromatic carbocycles.